The molecule has 3 aliphatic heterocycles. The molecule has 5 rings (SSSR count). The summed E-state index contributed by atoms with van der Waals surface area (Å²) in [5.41, 5.74) is 2.21. The quantitative estimate of drug-likeness (QED) is 0.872. The number of ether oxygens (including phenoxy) is 1. The minimum atomic E-state index is -0.124. The lowest BCUT2D eigenvalue weighted by Gasteiger charge is -2.33. The predicted octanol–water partition coefficient (Wildman–Crippen LogP) is 1.57. The third-order valence-electron chi connectivity index (χ3n) is 6.47. The van der Waals surface area contributed by atoms with Crippen LogP contribution in [0.4, 0.5) is 0 Å². The minimum Gasteiger partial charge on any atom is -0.394 e. The topological polar surface area (TPSA) is 80.5 Å². The first kappa shape index (κ1) is 17.8. The number of nitrogens with zero attached hydrogens (tertiary/aromatic N) is 4. The Kier molecular flexibility index (Phi) is 4.44. The Morgan fingerprint density at radius 1 is 1.32 bits per heavy atom. The van der Waals surface area contributed by atoms with Gasteiger partial charge in [0.05, 0.1) is 30.7 Å². The monoisotopic (exact) mass is 382 g/mol. The molecule has 4 heterocycles. The maximum absolute atomic E-state index is 13.5. The zero-order valence-corrected chi connectivity index (χ0v) is 16.1. The number of aliphatic hydroxyl groups excluding tert-OH is 1. The minimum absolute atomic E-state index is 0.00123. The molecule has 0 radical (unpaired) electrons. The molecule has 2 fully saturated rings. The molecule has 1 amide bonds. The van der Waals surface area contributed by atoms with Crippen LogP contribution >= 0.6 is 0 Å². The van der Waals surface area contributed by atoms with Crippen molar-refractivity contribution in [3.8, 4) is 11.4 Å². The Hall–Kier alpha value is -2.25. The van der Waals surface area contributed by atoms with Gasteiger partial charge in [-0.3, -0.25) is 4.79 Å². The fraction of sp³-hybridized carbons (Fsp3) is 0.571. The number of carbonyl (C=O) groups is 1. The molecular formula is C21H26N4O3. The van der Waals surface area contributed by atoms with Crippen LogP contribution in [0.1, 0.15) is 30.7 Å². The number of carbonyl (C=O) groups excluding carboxylic acids is 1. The lowest BCUT2D eigenvalue weighted by Crippen LogP contribution is -2.48. The van der Waals surface area contributed by atoms with Crippen LogP contribution in [-0.2, 0) is 22.5 Å². The highest BCUT2D eigenvalue weighted by Gasteiger charge is 2.48. The van der Waals surface area contributed by atoms with Crippen LogP contribution in [-0.4, -0.2) is 62.1 Å². The molecule has 1 unspecified atom stereocenters. The summed E-state index contributed by atoms with van der Waals surface area (Å²) in [6.45, 7) is 3.36. The molecule has 3 aliphatic rings. The van der Waals surface area contributed by atoms with Gasteiger partial charge >= 0.3 is 0 Å². The van der Waals surface area contributed by atoms with Gasteiger partial charge in [0.15, 0.2) is 5.82 Å². The Labute approximate surface area is 164 Å². The number of rotatable bonds is 3. The molecule has 0 saturated carbocycles. The number of hydrogen-bond acceptors (Lipinski definition) is 5. The van der Waals surface area contributed by atoms with Gasteiger partial charge in [-0.15, -0.1) is 10.2 Å². The van der Waals surface area contributed by atoms with E-state index in [4.69, 9.17) is 4.74 Å². The van der Waals surface area contributed by atoms with Crippen LogP contribution in [0.15, 0.2) is 24.3 Å². The van der Waals surface area contributed by atoms with Crippen LogP contribution in [0.25, 0.3) is 11.4 Å². The van der Waals surface area contributed by atoms with E-state index in [0.29, 0.717) is 13.2 Å². The zero-order chi connectivity index (χ0) is 19.3. The van der Waals surface area contributed by atoms with Crippen LogP contribution in [0.3, 0.4) is 0 Å². The van der Waals surface area contributed by atoms with Gasteiger partial charge in [0.1, 0.15) is 5.82 Å². The van der Waals surface area contributed by atoms with Gasteiger partial charge in [-0.05, 0) is 32.3 Å². The molecule has 7 heteroatoms. The smallest absolute Gasteiger partial charge is 0.228 e. The van der Waals surface area contributed by atoms with Crippen molar-refractivity contribution in [3.63, 3.8) is 0 Å². The molecule has 7 nitrogen and oxygen atoms in total. The Bertz CT molecular complexity index is 896. The van der Waals surface area contributed by atoms with E-state index in [0.717, 1.165) is 42.9 Å². The molecule has 1 N–H and O–H groups in total. The second-order valence-electron chi connectivity index (χ2n) is 8.24. The number of hydrogen-bond donors (Lipinski definition) is 1. The summed E-state index contributed by atoms with van der Waals surface area (Å²) < 4.78 is 7.88. The zero-order valence-electron chi connectivity index (χ0n) is 16.1. The van der Waals surface area contributed by atoms with Crippen molar-refractivity contribution in [1.29, 1.82) is 0 Å². The van der Waals surface area contributed by atoms with Crippen molar-refractivity contribution in [2.45, 2.75) is 57.3 Å². The SMILES string of the molecule is Cc1cccc(-c2nnc3n2CC(C(=O)N2[C@@H](CO)C[C@H]4OCC[C@H]42)CC3)c1. The molecule has 0 aliphatic carbocycles. The summed E-state index contributed by atoms with van der Waals surface area (Å²) in [6.07, 6.45) is 3.21. The third-order valence-corrected chi connectivity index (χ3v) is 6.47. The summed E-state index contributed by atoms with van der Waals surface area (Å²) in [5, 5.41) is 18.6. The van der Waals surface area contributed by atoms with Crippen LogP contribution in [0, 0.1) is 12.8 Å². The third kappa shape index (κ3) is 2.84. The van der Waals surface area contributed by atoms with Gasteiger partial charge in [0.25, 0.3) is 0 Å². The van der Waals surface area contributed by atoms with Gasteiger partial charge in [-0.2, -0.15) is 0 Å². The predicted molar refractivity (Wildman–Crippen MR) is 102 cm³/mol. The normalized spacial score (nSPS) is 29.0. The van der Waals surface area contributed by atoms with Crippen molar-refractivity contribution in [1.82, 2.24) is 19.7 Å². The highest BCUT2D eigenvalue weighted by molar-refractivity contribution is 5.80. The Balaban J connectivity index is 1.41. The fourth-order valence-electron chi connectivity index (χ4n) is 5.08. The lowest BCUT2D eigenvalue weighted by atomic mass is 9.96. The number of aryl methyl sites for hydroxylation is 2. The van der Waals surface area contributed by atoms with Crippen LogP contribution < -0.4 is 0 Å². The first-order chi connectivity index (χ1) is 13.7. The van der Waals surface area contributed by atoms with Crippen molar-refractivity contribution in [3.05, 3.63) is 35.7 Å². The van der Waals surface area contributed by atoms with E-state index in [1.54, 1.807) is 0 Å². The molecule has 2 saturated heterocycles. The molecule has 1 aromatic heterocycles. The van der Waals surface area contributed by atoms with Gasteiger partial charge in [-0.25, -0.2) is 0 Å². The van der Waals surface area contributed by atoms with Crippen LogP contribution in [0.5, 0.6) is 0 Å². The summed E-state index contributed by atoms with van der Waals surface area (Å²) >= 11 is 0. The number of amides is 1. The number of benzene rings is 1. The maximum Gasteiger partial charge on any atom is 0.228 e. The number of aromatic nitrogens is 3. The van der Waals surface area contributed by atoms with E-state index in [1.165, 1.54) is 5.56 Å². The summed E-state index contributed by atoms with van der Waals surface area (Å²) in [5.74, 6) is 1.81. The Morgan fingerprint density at radius 3 is 3.04 bits per heavy atom. The molecule has 148 valence electrons. The van der Waals surface area contributed by atoms with Gasteiger partial charge in [0, 0.05) is 25.1 Å². The van der Waals surface area contributed by atoms with E-state index in [1.807, 2.05) is 17.0 Å². The first-order valence-electron chi connectivity index (χ1n) is 10.2. The summed E-state index contributed by atoms with van der Waals surface area (Å²) in [6, 6.07) is 8.22. The molecular weight excluding hydrogens is 356 g/mol. The standard InChI is InChI=1S/C21H26N4O3/c1-13-3-2-4-14(9-13)20-23-22-19-6-5-15(11-24(19)20)21(27)25-16(12-26)10-18-17(25)7-8-28-18/h2-4,9,15-18,26H,5-8,10-12H2,1H3/t15?,16-,17-,18-/m1/s1. The van der Waals surface area contributed by atoms with Crippen molar-refractivity contribution in [2.75, 3.05) is 13.2 Å². The highest BCUT2D eigenvalue weighted by Crippen LogP contribution is 2.36. The fourth-order valence-corrected chi connectivity index (χ4v) is 5.08. The largest absolute Gasteiger partial charge is 0.394 e. The molecule has 0 bridgehead atoms. The molecule has 4 atom stereocenters. The van der Waals surface area contributed by atoms with Crippen LogP contribution in [0.2, 0.25) is 0 Å². The van der Waals surface area contributed by atoms with Crippen molar-refractivity contribution in [2.24, 2.45) is 5.92 Å². The van der Waals surface area contributed by atoms with Crippen molar-refractivity contribution < 1.29 is 14.6 Å². The van der Waals surface area contributed by atoms with E-state index in [2.05, 4.69) is 33.8 Å². The van der Waals surface area contributed by atoms with Gasteiger partial charge in [-0.1, -0.05) is 23.8 Å². The molecule has 2 aromatic rings. The number of fused-ring (bicyclic) bond motifs is 2. The maximum atomic E-state index is 13.5. The number of likely N-dealkylation sites (tertiary alicyclic amines) is 1. The second kappa shape index (κ2) is 6.97. The Morgan fingerprint density at radius 2 is 2.21 bits per heavy atom. The van der Waals surface area contributed by atoms with E-state index >= 15 is 0 Å². The van der Waals surface area contributed by atoms with Gasteiger partial charge < -0.3 is 19.3 Å². The molecule has 0 spiro atoms. The van der Waals surface area contributed by atoms with E-state index < -0.39 is 0 Å². The molecule has 1 aromatic carbocycles. The summed E-state index contributed by atoms with van der Waals surface area (Å²) in [7, 11) is 0. The van der Waals surface area contributed by atoms with E-state index in [-0.39, 0.29) is 36.6 Å². The van der Waals surface area contributed by atoms with Gasteiger partial charge in [0.2, 0.25) is 5.91 Å². The number of aliphatic hydroxyl groups is 1. The van der Waals surface area contributed by atoms with Crippen molar-refractivity contribution >= 4 is 5.91 Å². The van der Waals surface area contributed by atoms with E-state index in [9.17, 15) is 9.90 Å². The second-order valence-corrected chi connectivity index (χ2v) is 8.24. The summed E-state index contributed by atoms with van der Waals surface area (Å²) in [4.78, 5) is 15.4. The molecule has 28 heavy (non-hydrogen) atoms. The lowest BCUT2D eigenvalue weighted by molar-refractivity contribution is -0.140. The first-order valence-corrected chi connectivity index (χ1v) is 10.2. The average Bonchev–Trinajstić information content (AvgIpc) is 3.40. The highest BCUT2D eigenvalue weighted by atomic mass is 16.5. The average molecular weight is 382 g/mol.